The number of nitrogens with two attached hydrogens (primary N) is 1. The Labute approximate surface area is 122 Å². The van der Waals surface area contributed by atoms with Crippen LogP contribution in [0.4, 0.5) is 11.5 Å². The second-order valence-corrected chi connectivity index (χ2v) is 6.30. The molecule has 0 atom stereocenters. The highest BCUT2D eigenvalue weighted by Gasteiger charge is 2.23. The third-order valence-electron chi connectivity index (χ3n) is 3.07. The van der Waals surface area contributed by atoms with Crippen LogP contribution in [0.2, 0.25) is 0 Å². The Morgan fingerprint density at radius 1 is 1.14 bits per heavy atom. The summed E-state index contributed by atoms with van der Waals surface area (Å²) in [6, 6.07) is 12.2. The van der Waals surface area contributed by atoms with E-state index < -0.39 is 10.0 Å². The maximum atomic E-state index is 12.5. The van der Waals surface area contributed by atoms with Crippen LogP contribution in [0, 0.1) is 6.92 Å². The molecule has 3 aromatic rings. The molecule has 0 saturated heterocycles. The predicted octanol–water partition coefficient (Wildman–Crippen LogP) is 2.03. The van der Waals surface area contributed by atoms with Gasteiger partial charge in [-0.15, -0.1) is 0 Å². The van der Waals surface area contributed by atoms with Crippen LogP contribution in [0.1, 0.15) is 5.56 Å². The van der Waals surface area contributed by atoms with E-state index in [0.29, 0.717) is 11.3 Å². The molecular weight excluding hydrogens is 288 g/mol. The number of nitrogen functional groups attached to an aromatic ring is 1. The molecule has 0 fully saturated rings. The second-order valence-electron chi connectivity index (χ2n) is 4.70. The predicted molar refractivity (Wildman–Crippen MR) is 81.6 cm³/mol. The number of hydrogen-bond donors (Lipinski definition) is 2. The van der Waals surface area contributed by atoms with Gasteiger partial charge in [0.15, 0.2) is 5.82 Å². The number of pyridine rings is 1. The highest BCUT2D eigenvalue weighted by molar-refractivity contribution is 7.92. The Hall–Kier alpha value is -2.54. The summed E-state index contributed by atoms with van der Waals surface area (Å²) in [5.74, 6) is -0.0270. The van der Waals surface area contributed by atoms with Crippen molar-refractivity contribution in [2.75, 3.05) is 10.5 Å². The molecule has 0 aliphatic rings. The van der Waals surface area contributed by atoms with E-state index in [4.69, 9.17) is 5.73 Å². The number of aromatic nitrogens is 2. The van der Waals surface area contributed by atoms with E-state index >= 15 is 0 Å². The molecule has 7 heteroatoms. The fraction of sp³-hybridized carbons (Fsp3) is 0.0714. The maximum Gasteiger partial charge on any atom is 0.281 e. The van der Waals surface area contributed by atoms with Crippen molar-refractivity contribution in [2.45, 2.75) is 11.9 Å². The summed E-state index contributed by atoms with van der Waals surface area (Å²) in [5, 5.41) is -0.0568. The van der Waals surface area contributed by atoms with Crippen LogP contribution in [0.5, 0.6) is 0 Å². The summed E-state index contributed by atoms with van der Waals surface area (Å²) in [6.45, 7) is 1.93. The third kappa shape index (κ3) is 2.43. The van der Waals surface area contributed by atoms with Crippen LogP contribution in [0.15, 0.2) is 53.7 Å². The number of aryl methyl sites for hydroxylation is 1. The van der Waals surface area contributed by atoms with Gasteiger partial charge in [-0.2, -0.15) is 8.42 Å². The molecule has 0 radical (unpaired) electrons. The van der Waals surface area contributed by atoms with E-state index in [1.54, 1.807) is 36.5 Å². The summed E-state index contributed by atoms with van der Waals surface area (Å²) < 4.78 is 29.0. The summed E-state index contributed by atoms with van der Waals surface area (Å²) in [4.78, 5) is 4.06. The van der Waals surface area contributed by atoms with Gasteiger partial charge in [0, 0.05) is 11.9 Å². The maximum absolute atomic E-state index is 12.5. The number of hydrogen-bond acceptors (Lipinski definition) is 4. The van der Waals surface area contributed by atoms with Crippen molar-refractivity contribution in [3.8, 4) is 0 Å². The molecule has 0 amide bonds. The highest BCUT2D eigenvalue weighted by Crippen LogP contribution is 2.22. The molecule has 108 valence electrons. The van der Waals surface area contributed by atoms with E-state index in [1.165, 1.54) is 4.40 Å². The zero-order valence-corrected chi connectivity index (χ0v) is 12.1. The molecule has 0 aliphatic heterocycles. The van der Waals surface area contributed by atoms with Gasteiger partial charge >= 0.3 is 0 Å². The van der Waals surface area contributed by atoms with Gasteiger partial charge in [-0.25, -0.2) is 4.98 Å². The smallest absolute Gasteiger partial charge is 0.281 e. The number of imidazole rings is 1. The van der Waals surface area contributed by atoms with Crippen molar-refractivity contribution in [1.82, 2.24) is 9.38 Å². The molecule has 0 spiro atoms. The van der Waals surface area contributed by atoms with Crippen LogP contribution in [0.3, 0.4) is 0 Å². The fourth-order valence-corrected chi connectivity index (χ4v) is 3.36. The Bertz CT molecular complexity index is 898. The van der Waals surface area contributed by atoms with E-state index in [2.05, 4.69) is 9.71 Å². The molecule has 0 bridgehead atoms. The minimum Gasteiger partial charge on any atom is -0.381 e. The molecule has 0 unspecified atom stereocenters. The lowest BCUT2D eigenvalue weighted by Gasteiger charge is -2.08. The fourth-order valence-electron chi connectivity index (χ4n) is 2.08. The number of benzene rings is 1. The normalized spacial score (nSPS) is 11.7. The van der Waals surface area contributed by atoms with Crippen LogP contribution >= 0.6 is 0 Å². The van der Waals surface area contributed by atoms with Crippen LogP contribution < -0.4 is 10.5 Å². The molecule has 3 N–H and O–H groups in total. The lowest BCUT2D eigenvalue weighted by Crippen LogP contribution is -2.16. The Morgan fingerprint density at radius 2 is 1.86 bits per heavy atom. The summed E-state index contributed by atoms with van der Waals surface area (Å²) >= 11 is 0. The topological polar surface area (TPSA) is 89.5 Å². The van der Waals surface area contributed by atoms with Crippen LogP contribution in [-0.4, -0.2) is 17.8 Å². The molecule has 1 aromatic carbocycles. The van der Waals surface area contributed by atoms with Crippen LogP contribution in [-0.2, 0) is 10.0 Å². The average Bonchev–Trinajstić information content (AvgIpc) is 2.77. The summed E-state index contributed by atoms with van der Waals surface area (Å²) in [7, 11) is -3.81. The van der Waals surface area contributed by atoms with Crippen molar-refractivity contribution in [2.24, 2.45) is 0 Å². The molecule has 0 saturated carbocycles. The minimum absolute atomic E-state index is 0.0270. The Kier molecular flexibility index (Phi) is 3.06. The highest BCUT2D eigenvalue weighted by atomic mass is 32.2. The first-order valence-corrected chi connectivity index (χ1v) is 7.78. The van der Waals surface area contributed by atoms with Crippen LogP contribution in [0.25, 0.3) is 5.65 Å². The first-order chi connectivity index (χ1) is 9.97. The van der Waals surface area contributed by atoms with Gasteiger partial charge in [0.25, 0.3) is 10.0 Å². The lowest BCUT2D eigenvalue weighted by atomic mass is 10.2. The van der Waals surface area contributed by atoms with E-state index in [0.717, 1.165) is 5.56 Å². The molecule has 0 aliphatic carbocycles. The Morgan fingerprint density at radius 3 is 2.57 bits per heavy atom. The monoisotopic (exact) mass is 302 g/mol. The lowest BCUT2D eigenvalue weighted by molar-refractivity contribution is 0.597. The van der Waals surface area contributed by atoms with Crippen molar-refractivity contribution in [1.29, 1.82) is 0 Å². The quantitative estimate of drug-likeness (QED) is 0.774. The average molecular weight is 302 g/mol. The van der Waals surface area contributed by atoms with Gasteiger partial charge in [-0.1, -0.05) is 23.8 Å². The molecular formula is C14H14N4O2S. The summed E-state index contributed by atoms with van der Waals surface area (Å²) in [5.41, 5.74) is 7.78. The molecule has 21 heavy (non-hydrogen) atoms. The van der Waals surface area contributed by atoms with Crippen molar-refractivity contribution in [3.05, 3.63) is 54.2 Å². The van der Waals surface area contributed by atoms with Gasteiger partial charge in [0.2, 0.25) is 5.03 Å². The van der Waals surface area contributed by atoms with Gasteiger partial charge in [0.05, 0.1) is 0 Å². The number of sulfonamides is 1. The molecule has 2 heterocycles. The Balaban J connectivity index is 2.08. The number of nitrogens with zero attached hydrogens (tertiary/aromatic N) is 2. The van der Waals surface area contributed by atoms with Crippen molar-refractivity contribution >= 4 is 27.2 Å². The standard InChI is InChI=1S/C14H14N4O2S/c1-10-5-7-11(8-6-10)17-21(19,20)14-13(15)16-12-4-2-3-9-18(12)14/h2-9,17H,15H2,1H3. The minimum atomic E-state index is -3.81. The first kappa shape index (κ1) is 13.4. The van der Waals surface area contributed by atoms with Crippen molar-refractivity contribution < 1.29 is 8.42 Å². The zero-order valence-electron chi connectivity index (χ0n) is 11.3. The largest absolute Gasteiger partial charge is 0.381 e. The van der Waals surface area contributed by atoms with Gasteiger partial charge in [-0.05, 0) is 31.2 Å². The number of rotatable bonds is 3. The van der Waals surface area contributed by atoms with E-state index in [1.807, 2.05) is 19.1 Å². The van der Waals surface area contributed by atoms with Crippen molar-refractivity contribution in [3.63, 3.8) is 0 Å². The molecule has 3 rings (SSSR count). The van der Waals surface area contributed by atoms with Gasteiger partial charge in [0.1, 0.15) is 5.65 Å². The first-order valence-electron chi connectivity index (χ1n) is 6.29. The third-order valence-corrected chi connectivity index (χ3v) is 4.49. The van der Waals surface area contributed by atoms with E-state index in [-0.39, 0.29) is 10.8 Å². The number of anilines is 2. The summed E-state index contributed by atoms with van der Waals surface area (Å²) in [6.07, 6.45) is 1.61. The molecule has 6 nitrogen and oxygen atoms in total. The van der Waals surface area contributed by atoms with Gasteiger partial charge in [-0.3, -0.25) is 9.12 Å². The zero-order chi connectivity index (χ0) is 15.0. The SMILES string of the molecule is Cc1ccc(NS(=O)(=O)c2c(N)nc3ccccn23)cc1. The second kappa shape index (κ2) is 4.78. The van der Waals surface area contributed by atoms with E-state index in [9.17, 15) is 8.42 Å². The number of nitrogens with one attached hydrogen (secondary N) is 1. The van der Waals surface area contributed by atoms with Gasteiger partial charge < -0.3 is 5.73 Å². The molecule has 2 aromatic heterocycles. The number of fused-ring (bicyclic) bond motifs is 1.